The lowest BCUT2D eigenvalue weighted by molar-refractivity contribution is 0.0689. The third-order valence-electron chi connectivity index (χ3n) is 3.01. The minimum atomic E-state index is -3.32. The molecule has 1 aromatic carbocycles. The van der Waals surface area contributed by atoms with E-state index in [0.29, 0.717) is 11.3 Å². The third kappa shape index (κ3) is 2.57. The highest BCUT2D eigenvalue weighted by Crippen LogP contribution is 2.26. The van der Waals surface area contributed by atoms with Crippen molar-refractivity contribution >= 4 is 15.8 Å². The van der Waals surface area contributed by atoms with Crippen LogP contribution >= 0.6 is 0 Å². The molecular formula is C13H14N2O4S. The van der Waals surface area contributed by atoms with Crippen LogP contribution in [-0.4, -0.2) is 35.5 Å². The van der Waals surface area contributed by atoms with Crippen LogP contribution in [0.2, 0.25) is 0 Å². The molecule has 0 fully saturated rings. The molecule has 0 aliphatic rings. The molecule has 0 atom stereocenters. The van der Waals surface area contributed by atoms with Crippen molar-refractivity contribution < 1.29 is 18.3 Å². The van der Waals surface area contributed by atoms with Crippen LogP contribution in [0.15, 0.2) is 29.2 Å². The number of benzene rings is 1. The highest BCUT2D eigenvalue weighted by atomic mass is 32.2. The predicted molar refractivity (Wildman–Crippen MR) is 73.5 cm³/mol. The zero-order valence-electron chi connectivity index (χ0n) is 11.3. The minimum absolute atomic E-state index is 0.0772. The Balaban J connectivity index is 2.66. The van der Waals surface area contributed by atoms with Gasteiger partial charge in [0, 0.05) is 18.9 Å². The lowest BCUT2D eigenvalue weighted by Crippen LogP contribution is -2.01. The number of rotatable bonds is 3. The van der Waals surface area contributed by atoms with Gasteiger partial charge in [0.2, 0.25) is 0 Å². The van der Waals surface area contributed by atoms with E-state index in [1.165, 1.54) is 22.9 Å². The van der Waals surface area contributed by atoms with E-state index in [2.05, 4.69) is 5.10 Å². The fourth-order valence-corrected chi connectivity index (χ4v) is 2.58. The zero-order chi connectivity index (χ0) is 15.1. The quantitative estimate of drug-likeness (QED) is 0.926. The van der Waals surface area contributed by atoms with Gasteiger partial charge in [-0.15, -0.1) is 0 Å². The number of hydrogen-bond acceptors (Lipinski definition) is 4. The van der Waals surface area contributed by atoms with Crippen molar-refractivity contribution in [2.24, 2.45) is 7.05 Å². The molecule has 0 unspecified atom stereocenters. The van der Waals surface area contributed by atoms with Crippen molar-refractivity contribution in [1.29, 1.82) is 0 Å². The topological polar surface area (TPSA) is 89.3 Å². The molecule has 1 N–H and O–H groups in total. The number of nitrogens with zero attached hydrogens (tertiary/aromatic N) is 2. The van der Waals surface area contributed by atoms with E-state index in [9.17, 15) is 13.2 Å². The number of sulfone groups is 1. The molecule has 0 saturated heterocycles. The van der Waals surface area contributed by atoms with E-state index in [1.807, 2.05) is 6.92 Å². The van der Waals surface area contributed by atoms with Crippen LogP contribution in [0.3, 0.4) is 0 Å². The molecule has 0 aliphatic carbocycles. The first-order valence-corrected chi connectivity index (χ1v) is 7.67. The summed E-state index contributed by atoms with van der Waals surface area (Å²) in [4.78, 5) is 11.1. The first kappa shape index (κ1) is 14.3. The van der Waals surface area contributed by atoms with Crippen molar-refractivity contribution in [2.75, 3.05) is 6.26 Å². The van der Waals surface area contributed by atoms with Crippen molar-refractivity contribution in [3.05, 3.63) is 35.5 Å². The first-order chi connectivity index (χ1) is 9.20. The molecule has 6 nitrogen and oxygen atoms in total. The van der Waals surface area contributed by atoms with Crippen molar-refractivity contribution in [3.63, 3.8) is 0 Å². The van der Waals surface area contributed by atoms with Crippen LogP contribution in [0.5, 0.6) is 0 Å². The van der Waals surface area contributed by atoms with Gasteiger partial charge >= 0.3 is 5.97 Å². The maximum absolute atomic E-state index is 11.6. The van der Waals surface area contributed by atoms with E-state index in [0.717, 1.165) is 11.8 Å². The largest absolute Gasteiger partial charge is 0.476 e. The maximum Gasteiger partial charge on any atom is 0.356 e. The van der Waals surface area contributed by atoms with E-state index >= 15 is 0 Å². The fraction of sp³-hybridized carbons (Fsp3) is 0.231. The van der Waals surface area contributed by atoms with E-state index in [-0.39, 0.29) is 10.6 Å². The van der Waals surface area contributed by atoms with Crippen LogP contribution in [-0.2, 0) is 16.9 Å². The molecule has 1 aromatic heterocycles. The monoisotopic (exact) mass is 294 g/mol. The van der Waals surface area contributed by atoms with Crippen LogP contribution in [0, 0.1) is 6.92 Å². The Hall–Kier alpha value is -2.15. The average Bonchev–Trinajstić information content (AvgIpc) is 2.70. The summed E-state index contributed by atoms with van der Waals surface area (Å²) >= 11 is 0. The van der Waals surface area contributed by atoms with E-state index in [4.69, 9.17) is 5.11 Å². The molecule has 0 saturated carbocycles. The summed E-state index contributed by atoms with van der Waals surface area (Å²) in [5.74, 6) is -1.12. The standard InChI is InChI=1S/C13H14N2O4S/c1-8-4-5-9(20(3,18)19)6-10(8)12-7-11(13(16)17)14-15(12)2/h4-7H,1-3H3,(H,16,17). The summed E-state index contributed by atoms with van der Waals surface area (Å²) in [5.41, 5.74) is 1.98. The smallest absolute Gasteiger partial charge is 0.356 e. The number of aromatic nitrogens is 2. The second-order valence-corrected chi connectivity index (χ2v) is 6.61. The predicted octanol–water partition coefficient (Wildman–Crippen LogP) is 1.50. The van der Waals surface area contributed by atoms with Gasteiger partial charge in [-0.25, -0.2) is 13.2 Å². The first-order valence-electron chi connectivity index (χ1n) is 5.78. The Morgan fingerprint density at radius 2 is 1.95 bits per heavy atom. The van der Waals surface area contributed by atoms with Crippen LogP contribution in [0.25, 0.3) is 11.3 Å². The van der Waals surface area contributed by atoms with E-state index < -0.39 is 15.8 Å². The van der Waals surface area contributed by atoms with Gasteiger partial charge in [0.05, 0.1) is 10.6 Å². The molecule has 2 aromatic rings. The number of aryl methyl sites for hydroxylation is 2. The Bertz CT molecular complexity index is 791. The normalized spacial score (nSPS) is 11.6. The minimum Gasteiger partial charge on any atom is -0.476 e. The fourth-order valence-electron chi connectivity index (χ4n) is 1.93. The molecular weight excluding hydrogens is 280 g/mol. The lowest BCUT2D eigenvalue weighted by atomic mass is 10.1. The SMILES string of the molecule is Cc1ccc(S(C)(=O)=O)cc1-c1cc(C(=O)O)nn1C. The Morgan fingerprint density at radius 1 is 1.30 bits per heavy atom. The average molecular weight is 294 g/mol. The van der Waals surface area contributed by atoms with Gasteiger partial charge < -0.3 is 5.11 Å². The molecule has 0 aliphatic heterocycles. The second-order valence-electron chi connectivity index (χ2n) is 4.59. The highest BCUT2D eigenvalue weighted by Gasteiger charge is 2.16. The number of hydrogen-bond donors (Lipinski definition) is 1. The van der Waals surface area contributed by atoms with Gasteiger partial charge in [0.25, 0.3) is 0 Å². The van der Waals surface area contributed by atoms with Crippen molar-refractivity contribution in [2.45, 2.75) is 11.8 Å². The second kappa shape index (κ2) is 4.75. The maximum atomic E-state index is 11.6. The Morgan fingerprint density at radius 3 is 2.45 bits per heavy atom. The summed E-state index contributed by atoms with van der Waals surface area (Å²) in [6.07, 6.45) is 1.13. The van der Waals surface area contributed by atoms with Crippen LogP contribution in [0.4, 0.5) is 0 Å². The summed E-state index contributed by atoms with van der Waals surface area (Å²) < 4.78 is 24.6. The zero-order valence-corrected chi connectivity index (χ0v) is 12.1. The molecule has 1 heterocycles. The number of aromatic carboxylic acids is 1. The van der Waals surface area contributed by atoms with Gasteiger partial charge in [-0.2, -0.15) is 5.10 Å². The van der Waals surface area contributed by atoms with Gasteiger partial charge in [-0.05, 0) is 30.7 Å². The Labute approximate surface area is 116 Å². The molecule has 20 heavy (non-hydrogen) atoms. The lowest BCUT2D eigenvalue weighted by Gasteiger charge is -2.08. The molecule has 0 amide bonds. The molecule has 106 valence electrons. The van der Waals surface area contributed by atoms with Crippen LogP contribution in [0.1, 0.15) is 16.1 Å². The highest BCUT2D eigenvalue weighted by molar-refractivity contribution is 7.90. The molecule has 0 spiro atoms. The Kier molecular flexibility index (Phi) is 3.39. The molecule has 7 heteroatoms. The summed E-state index contributed by atoms with van der Waals surface area (Å²) in [6.45, 7) is 1.83. The molecule has 0 bridgehead atoms. The van der Waals surface area contributed by atoms with Gasteiger partial charge in [-0.3, -0.25) is 4.68 Å². The van der Waals surface area contributed by atoms with Gasteiger partial charge in [0.15, 0.2) is 15.5 Å². The van der Waals surface area contributed by atoms with E-state index in [1.54, 1.807) is 13.1 Å². The summed E-state index contributed by atoms with van der Waals surface area (Å²) in [7, 11) is -1.70. The van der Waals surface area contributed by atoms with Gasteiger partial charge in [0.1, 0.15) is 0 Å². The third-order valence-corrected chi connectivity index (χ3v) is 4.12. The van der Waals surface area contributed by atoms with Crippen molar-refractivity contribution in [1.82, 2.24) is 9.78 Å². The number of carbonyl (C=O) groups is 1. The number of carboxylic acids is 1. The molecule has 0 radical (unpaired) electrons. The van der Waals surface area contributed by atoms with Crippen LogP contribution < -0.4 is 0 Å². The van der Waals surface area contributed by atoms with Gasteiger partial charge in [-0.1, -0.05) is 6.07 Å². The van der Waals surface area contributed by atoms with Crippen molar-refractivity contribution in [3.8, 4) is 11.3 Å². The summed E-state index contributed by atoms with van der Waals surface area (Å²) in [6, 6.07) is 6.19. The molecule has 2 rings (SSSR count). The number of carboxylic acid groups (broad SMARTS) is 1. The summed E-state index contributed by atoms with van der Waals surface area (Å²) in [5, 5.41) is 12.8.